The van der Waals surface area contributed by atoms with Crippen LogP contribution in [0.3, 0.4) is 0 Å². The van der Waals surface area contributed by atoms with Crippen molar-refractivity contribution in [3.8, 4) is 0 Å². The molecule has 20 heavy (non-hydrogen) atoms. The van der Waals surface area contributed by atoms with Crippen LogP contribution in [0, 0.1) is 0 Å². The second-order valence-electron chi connectivity index (χ2n) is 5.30. The van der Waals surface area contributed by atoms with Crippen LogP contribution in [0.4, 0.5) is 5.69 Å². The first-order chi connectivity index (χ1) is 9.85. The predicted octanol–water partition coefficient (Wildman–Crippen LogP) is 5.27. The van der Waals surface area contributed by atoms with Crippen LogP contribution < -0.4 is 4.90 Å². The summed E-state index contributed by atoms with van der Waals surface area (Å²) in [4.78, 5) is 2.55. The van der Waals surface area contributed by atoms with E-state index >= 15 is 0 Å². The molecule has 1 nitrogen and oxygen atoms in total. The maximum absolute atomic E-state index is 2.55. The minimum absolute atomic E-state index is 0.614. The van der Waals surface area contributed by atoms with Crippen molar-refractivity contribution in [2.75, 3.05) is 4.90 Å². The molecule has 0 fully saturated rings. The van der Waals surface area contributed by atoms with Crippen LogP contribution in [0.1, 0.15) is 38.7 Å². The summed E-state index contributed by atoms with van der Waals surface area (Å²) in [5.74, 6) is 0. The lowest BCUT2D eigenvalue weighted by Gasteiger charge is -2.33. The van der Waals surface area contributed by atoms with E-state index in [1.54, 1.807) is 0 Å². The molecule has 0 spiro atoms. The first-order valence-electron chi connectivity index (χ1n) is 7.70. The van der Waals surface area contributed by atoms with E-state index in [2.05, 4.69) is 79.4 Å². The molecule has 106 valence electrons. The maximum Gasteiger partial charge on any atom is 0.0432 e. The predicted molar refractivity (Wildman–Crippen MR) is 88.1 cm³/mol. The lowest BCUT2D eigenvalue weighted by atomic mass is 10.0. The van der Waals surface area contributed by atoms with Gasteiger partial charge in [0.1, 0.15) is 0 Å². The molecule has 1 unspecified atom stereocenters. The summed E-state index contributed by atoms with van der Waals surface area (Å²) < 4.78 is 0. The number of rotatable bonds is 7. The third kappa shape index (κ3) is 3.86. The molecule has 0 N–H and O–H groups in total. The van der Waals surface area contributed by atoms with Crippen molar-refractivity contribution in [2.24, 2.45) is 0 Å². The van der Waals surface area contributed by atoms with Gasteiger partial charge in [0.2, 0.25) is 0 Å². The van der Waals surface area contributed by atoms with Gasteiger partial charge in [-0.2, -0.15) is 0 Å². The molecule has 0 aliphatic heterocycles. The SMILES string of the molecule is CCCC(CC)N(Cc1ccccc1)c1ccccc1. The topological polar surface area (TPSA) is 3.24 Å². The molecule has 1 atom stereocenters. The van der Waals surface area contributed by atoms with Gasteiger partial charge in [-0.15, -0.1) is 0 Å². The average Bonchev–Trinajstić information content (AvgIpc) is 2.52. The molecule has 2 aromatic carbocycles. The summed E-state index contributed by atoms with van der Waals surface area (Å²) in [6.45, 7) is 5.55. The van der Waals surface area contributed by atoms with E-state index in [0.717, 1.165) is 6.54 Å². The van der Waals surface area contributed by atoms with Crippen LogP contribution in [-0.4, -0.2) is 6.04 Å². The third-order valence-electron chi connectivity index (χ3n) is 3.82. The molecular formula is C19H25N. The molecular weight excluding hydrogens is 242 g/mol. The number of para-hydroxylation sites is 1. The van der Waals surface area contributed by atoms with Gasteiger partial charge in [0, 0.05) is 18.3 Å². The highest BCUT2D eigenvalue weighted by atomic mass is 15.2. The molecule has 0 saturated heterocycles. The fourth-order valence-corrected chi connectivity index (χ4v) is 2.74. The zero-order valence-corrected chi connectivity index (χ0v) is 12.6. The quantitative estimate of drug-likeness (QED) is 0.660. The number of nitrogens with zero attached hydrogens (tertiary/aromatic N) is 1. The summed E-state index contributed by atoms with van der Waals surface area (Å²) in [6, 6.07) is 22.2. The molecule has 0 radical (unpaired) electrons. The number of anilines is 1. The van der Waals surface area contributed by atoms with E-state index in [0.29, 0.717) is 6.04 Å². The lowest BCUT2D eigenvalue weighted by molar-refractivity contribution is 0.526. The standard InChI is InChI=1S/C19H25N/c1-3-11-18(4-2)20(19-14-9-6-10-15-19)16-17-12-7-5-8-13-17/h5-10,12-15,18H,3-4,11,16H2,1-2H3. The maximum atomic E-state index is 2.55. The number of benzene rings is 2. The molecule has 0 aromatic heterocycles. The summed E-state index contributed by atoms with van der Waals surface area (Å²) in [7, 11) is 0. The fraction of sp³-hybridized carbons (Fsp3) is 0.368. The highest BCUT2D eigenvalue weighted by Crippen LogP contribution is 2.23. The van der Waals surface area contributed by atoms with Gasteiger partial charge in [0.25, 0.3) is 0 Å². The monoisotopic (exact) mass is 267 g/mol. The average molecular weight is 267 g/mol. The van der Waals surface area contributed by atoms with Crippen LogP contribution in [0.5, 0.6) is 0 Å². The van der Waals surface area contributed by atoms with Crippen LogP contribution in [-0.2, 0) is 6.54 Å². The van der Waals surface area contributed by atoms with E-state index in [4.69, 9.17) is 0 Å². The van der Waals surface area contributed by atoms with Crippen molar-refractivity contribution >= 4 is 5.69 Å². The van der Waals surface area contributed by atoms with Crippen molar-refractivity contribution in [3.05, 3.63) is 66.2 Å². The Morgan fingerprint density at radius 2 is 1.45 bits per heavy atom. The molecule has 2 aromatic rings. The molecule has 2 rings (SSSR count). The van der Waals surface area contributed by atoms with Gasteiger partial charge in [0.05, 0.1) is 0 Å². The zero-order valence-electron chi connectivity index (χ0n) is 12.6. The minimum Gasteiger partial charge on any atom is -0.364 e. The Morgan fingerprint density at radius 3 is 2.00 bits per heavy atom. The van der Waals surface area contributed by atoms with Crippen molar-refractivity contribution in [2.45, 2.75) is 45.7 Å². The van der Waals surface area contributed by atoms with Crippen molar-refractivity contribution < 1.29 is 0 Å². The molecule has 0 bridgehead atoms. The lowest BCUT2D eigenvalue weighted by Crippen LogP contribution is -2.34. The Bertz CT molecular complexity index is 478. The third-order valence-corrected chi connectivity index (χ3v) is 3.82. The fourth-order valence-electron chi connectivity index (χ4n) is 2.74. The van der Waals surface area contributed by atoms with E-state index < -0.39 is 0 Å². The Morgan fingerprint density at radius 1 is 0.850 bits per heavy atom. The highest BCUT2D eigenvalue weighted by Gasteiger charge is 2.16. The highest BCUT2D eigenvalue weighted by molar-refractivity contribution is 5.47. The van der Waals surface area contributed by atoms with Crippen molar-refractivity contribution in [1.82, 2.24) is 0 Å². The smallest absolute Gasteiger partial charge is 0.0432 e. The van der Waals surface area contributed by atoms with Crippen molar-refractivity contribution in [3.63, 3.8) is 0 Å². The first-order valence-corrected chi connectivity index (χ1v) is 7.70. The first kappa shape index (κ1) is 14.6. The van der Waals surface area contributed by atoms with Gasteiger partial charge in [-0.25, -0.2) is 0 Å². The molecule has 1 heteroatoms. The normalized spacial score (nSPS) is 12.1. The van der Waals surface area contributed by atoms with Gasteiger partial charge >= 0.3 is 0 Å². The van der Waals surface area contributed by atoms with Gasteiger partial charge in [-0.05, 0) is 30.5 Å². The van der Waals surface area contributed by atoms with Crippen LogP contribution >= 0.6 is 0 Å². The second-order valence-corrected chi connectivity index (χ2v) is 5.30. The van der Waals surface area contributed by atoms with E-state index in [9.17, 15) is 0 Å². The number of hydrogen-bond donors (Lipinski definition) is 0. The largest absolute Gasteiger partial charge is 0.364 e. The molecule has 0 heterocycles. The summed E-state index contributed by atoms with van der Waals surface area (Å²) in [6.07, 6.45) is 3.67. The summed E-state index contributed by atoms with van der Waals surface area (Å²) >= 11 is 0. The second kappa shape index (κ2) is 7.74. The Balaban J connectivity index is 2.24. The number of hydrogen-bond acceptors (Lipinski definition) is 1. The van der Waals surface area contributed by atoms with E-state index in [1.807, 2.05) is 0 Å². The Labute approximate surface area is 123 Å². The molecule has 0 aliphatic rings. The van der Waals surface area contributed by atoms with E-state index in [-0.39, 0.29) is 0 Å². The Hall–Kier alpha value is -1.76. The van der Waals surface area contributed by atoms with Gasteiger partial charge in [-0.1, -0.05) is 68.8 Å². The summed E-state index contributed by atoms with van der Waals surface area (Å²) in [5, 5.41) is 0. The van der Waals surface area contributed by atoms with Gasteiger partial charge in [0.15, 0.2) is 0 Å². The van der Waals surface area contributed by atoms with Crippen LogP contribution in [0.2, 0.25) is 0 Å². The summed E-state index contributed by atoms with van der Waals surface area (Å²) in [5.41, 5.74) is 2.71. The van der Waals surface area contributed by atoms with Gasteiger partial charge in [-0.3, -0.25) is 0 Å². The van der Waals surface area contributed by atoms with E-state index in [1.165, 1.54) is 30.5 Å². The zero-order chi connectivity index (χ0) is 14.2. The molecule has 0 aliphatic carbocycles. The van der Waals surface area contributed by atoms with Gasteiger partial charge < -0.3 is 4.90 Å². The molecule has 0 saturated carbocycles. The van der Waals surface area contributed by atoms with Crippen LogP contribution in [0.15, 0.2) is 60.7 Å². The Kier molecular flexibility index (Phi) is 5.67. The van der Waals surface area contributed by atoms with Crippen LogP contribution in [0.25, 0.3) is 0 Å². The molecule has 0 amide bonds. The minimum atomic E-state index is 0.614. The van der Waals surface area contributed by atoms with Crippen molar-refractivity contribution in [1.29, 1.82) is 0 Å².